The molecule has 0 saturated heterocycles. The zero-order valence-corrected chi connectivity index (χ0v) is 81.6. The summed E-state index contributed by atoms with van der Waals surface area (Å²) >= 11 is 0. The summed E-state index contributed by atoms with van der Waals surface area (Å²) < 4.78 is 0. The van der Waals surface area contributed by atoms with Gasteiger partial charge in [0.25, 0.3) is 0 Å². The van der Waals surface area contributed by atoms with Crippen LogP contribution in [0.25, 0.3) is 185 Å². The van der Waals surface area contributed by atoms with Crippen LogP contribution in [-0.2, 0) is 0 Å². The molecule has 4 nitrogen and oxygen atoms in total. The van der Waals surface area contributed by atoms with Crippen molar-refractivity contribution >= 4 is 198 Å². The first kappa shape index (κ1) is 87.5. The van der Waals surface area contributed by atoms with Crippen LogP contribution in [0.5, 0.6) is 0 Å². The fourth-order valence-electron chi connectivity index (χ4n) is 22.5. The highest BCUT2D eigenvalue weighted by Gasteiger charge is 2.25. The van der Waals surface area contributed by atoms with Crippen LogP contribution in [0, 0.1) is 27.7 Å². The smallest absolute Gasteiger partial charge is 0.0468 e. The van der Waals surface area contributed by atoms with Crippen molar-refractivity contribution in [2.24, 2.45) is 0 Å². The molecule has 0 fully saturated rings. The Morgan fingerprint density at radius 3 is 0.425 bits per heavy atom. The van der Waals surface area contributed by atoms with Gasteiger partial charge in [-0.05, 0) is 389 Å². The minimum atomic E-state index is 1.10. The van der Waals surface area contributed by atoms with E-state index in [1.165, 1.54) is 207 Å². The number of hydrogen-bond acceptors (Lipinski definition) is 4. The highest BCUT2D eigenvalue weighted by atomic mass is 15.2. The summed E-state index contributed by atoms with van der Waals surface area (Å²) in [5.41, 5.74) is 30.4. The van der Waals surface area contributed by atoms with E-state index in [9.17, 15) is 0 Å². The molecular weight excluding hydrogens is 1760 g/mol. The average Bonchev–Trinajstić information content (AvgIpc) is 0.714. The largest absolute Gasteiger partial charge is 0.311 e. The van der Waals surface area contributed by atoms with Gasteiger partial charge < -0.3 is 19.6 Å². The van der Waals surface area contributed by atoms with Gasteiger partial charge in [-0.3, -0.25) is 0 Å². The van der Waals surface area contributed by atoms with Gasteiger partial charge in [0.1, 0.15) is 0 Å². The lowest BCUT2D eigenvalue weighted by atomic mass is 9.87. The van der Waals surface area contributed by atoms with Crippen molar-refractivity contribution in [3.05, 3.63) is 556 Å². The Kier molecular flexibility index (Phi) is 22.2. The molecule has 0 spiro atoms. The normalized spacial score (nSPS) is 11.6. The lowest BCUT2D eigenvalue weighted by Crippen LogP contribution is -2.10. The first-order valence-electron chi connectivity index (χ1n) is 50.5. The summed E-state index contributed by atoms with van der Waals surface area (Å²) in [6.45, 7) is 8.57. The van der Waals surface area contributed by atoms with Gasteiger partial charge in [0, 0.05) is 68.2 Å². The van der Waals surface area contributed by atoms with Crippen molar-refractivity contribution in [2.45, 2.75) is 27.7 Å². The second-order valence-electron chi connectivity index (χ2n) is 38.9. The molecule has 27 aromatic carbocycles. The van der Waals surface area contributed by atoms with Crippen LogP contribution in [-0.4, -0.2) is 0 Å². The molecular formula is C142H100N4. The third kappa shape index (κ3) is 16.0. The summed E-state index contributed by atoms with van der Waals surface area (Å²) in [4.78, 5) is 9.52. The maximum absolute atomic E-state index is 2.48. The Hall–Kier alpha value is -18.7. The fraction of sp³-hybridized carbons (Fsp3) is 0.0282. The molecule has 688 valence electrons. The molecule has 0 heterocycles. The Morgan fingerprint density at radius 1 is 0.0890 bits per heavy atom. The van der Waals surface area contributed by atoms with Crippen molar-refractivity contribution < 1.29 is 0 Å². The molecule has 0 atom stereocenters. The molecule has 4 heteroatoms. The van der Waals surface area contributed by atoms with Crippen molar-refractivity contribution in [3.8, 4) is 55.6 Å². The molecule has 0 N–H and O–H groups in total. The number of benzene rings is 27. The second kappa shape index (κ2) is 37.0. The number of anilines is 12. The van der Waals surface area contributed by atoms with E-state index >= 15 is 0 Å². The molecule has 0 amide bonds. The molecule has 0 unspecified atom stereocenters. The zero-order valence-electron chi connectivity index (χ0n) is 81.6. The number of nitrogens with zero attached hydrogens (tertiary/aromatic N) is 4. The van der Waals surface area contributed by atoms with Gasteiger partial charge >= 0.3 is 0 Å². The van der Waals surface area contributed by atoms with Gasteiger partial charge in [-0.2, -0.15) is 0 Å². The molecule has 27 aromatic rings. The predicted molar refractivity (Wildman–Crippen MR) is 628 cm³/mol. The molecule has 0 aliphatic carbocycles. The number of hydrogen-bond donors (Lipinski definition) is 0. The van der Waals surface area contributed by atoms with E-state index in [2.05, 4.69) is 581 Å². The van der Waals surface area contributed by atoms with Crippen molar-refractivity contribution in [3.63, 3.8) is 0 Å². The van der Waals surface area contributed by atoms with E-state index in [1.54, 1.807) is 0 Å². The van der Waals surface area contributed by atoms with E-state index in [-0.39, 0.29) is 0 Å². The van der Waals surface area contributed by atoms with Crippen LogP contribution in [0.4, 0.5) is 68.2 Å². The van der Waals surface area contributed by atoms with Gasteiger partial charge in [-0.1, -0.05) is 380 Å². The zero-order chi connectivity index (χ0) is 97.4. The van der Waals surface area contributed by atoms with Gasteiger partial charge in [0.2, 0.25) is 0 Å². The summed E-state index contributed by atoms with van der Waals surface area (Å²) in [6.07, 6.45) is 0. The molecule has 0 radical (unpaired) electrons. The van der Waals surface area contributed by atoms with Gasteiger partial charge in [-0.15, -0.1) is 0 Å². The van der Waals surface area contributed by atoms with E-state index in [1.807, 2.05) is 0 Å². The van der Waals surface area contributed by atoms with Crippen LogP contribution in [0.15, 0.2) is 534 Å². The number of rotatable bonds is 17. The number of aryl methyl sites for hydroxylation is 4. The van der Waals surface area contributed by atoms with Gasteiger partial charge in [0.05, 0.1) is 0 Å². The Morgan fingerprint density at radius 2 is 0.219 bits per heavy atom. The maximum Gasteiger partial charge on any atom is 0.0468 e. The number of fused-ring (bicyclic) bond motifs is 24. The van der Waals surface area contributed by atoms with Crippen LogP contribution < -0.4 is 19.6 Å². The summed E-state index contributed by atoms with van der Waals surface area (Å²) in [6, 6.07) is 197. The third-order valence-corrected chi connectivity index (χ3v) is 29.9. The standard InChI is InChI=1S/C78H52N2.C64H48N2/c1-5-17-53(18-6-1)57-29-37-61(38-30-57)79(62-39-31-58(32-40-62)54-19-7-2-8-20-54)65-45-47-71-73(49-65)67-25-13-15-27-69(67)75-52-78-72-48-46-66(50-74(72)68-26-14-16-28-70(68)76(78)51-77(71)75)80(63-41-33-59(34-42-63)55-21-9-3-10-22-55)64-43-35-60(36-44-64)56-23-11-4-12-24-56;1-41-13-24-47(25-14-41)65(48-26-15-42(2)16-27-48)51-32-21-45(22-33-51)46-23-35-57-59(37-46)53-9-5-7-11-55(53)61-40-64-58-36-34-52(38-60(58)54-10-6-8-12-56(54)62(64)39-63(57)61)66(49-28-17-43(3)18-29-49)50-30-19-44(4)20-31-50/h1-52H;5-40H,1-4H3. The summed E-state index contributed by atoms with van der Waals surface area (Å²) in [7, 11) is 0. The maximum atomic E-state index is 2.48. The minimum Gasteiger partial charge on any atom is -0.311 e. The minimum absolute atomic E-state index is 1.10. The summed E-state index contributed by atoms with van der Waals surface area (Å²) in [5.74, 6) is 0. The van der Waals surface area contributed by atoms with Gasteiger partial charge in [0.15, 0.2) is 0 Å². The topological polar surface area (TPSA) is 13.0 Å². The van der Waals surface area contributed by atoms with Crippen LogP contribution in [0.1, 0.15) is 22.3 Å². The highest BCUT2D eigenvalue weighted by Crippen LogP contribution is 2.51. The van der Waals surface area contributed by atoms with E-state index in [0.717, 1.165) is 68.2 Å². The second-order valence-corrected chi connectivity index (χ2v) is 38.9. The van der Waals surface area contributed by atoms with Crippen LogP contribution >= 0.6 is 0 Å². The molecule has 0 aliphatic heterocycles. The van der Waals surface area contributed by atoms with Crippen molar-refractivity contribution in [1.29, 1.82) is 0 Å². The molecule has 27 rings (SSSR count). The lowest BCUT2D eigenvalue weighted by molar-refractivity contribution is 1.27. The Labute approximate surface area is 850 Å². The third-order valence-electron chi connectivity index (χ3n) is 29.9. The van der Waals surface area contributed by atoms with Crippen LogP contribution in [0.3, 0.4) is 0 Å². The molecule has 0 bridgehead atoms. The Balaban J connectivity index is 0.000000151. The first-order chi connectivity index (χ1) is 72.0. The summed E-state index contributed by atoms with van der Waals surface area (Å²) in [5, 5.41) is 30.0. The van der Waals surface area contributed by atoms with Crippen molar-refractivity contribution in [2.75, 3.05) is 19.6 Å². The SMILES string of the molecule is Cc1ccc(N(c2ccc(C)cc2)c2ccc(-c3ccc4c(c3)c3ccccc3c3cc5c6ccc(N(c7ccc(C)cc7)c7ccc(C)cc7)cc6c6ccccc6c5cc43)cc2)cc1.c1ccc(-c2ccc(N(c3ccc(-c4ccccc4)cc3)c3ccc4c(c3)c3ccccc3c3cc5c6ccc(N(c7ccc(-c8ccccc8)cc7)c7ccc(-c8ccccc8)cc7)cc6c6ccccc6c5cc43)cc2)cc1. The fourth-order valence-corrected chi connectivity index (χ4v) is 22.5. The molecule has 146 heavy (non-hydrogen) atoms. The quantitative estimate of drug-likeness (QED) is 0.0665. The lowest BCUT2D eigenvalue weighted by Gasteiger charge is -2.27. The first-order valence-corrected chi connectivity index (χ1v) is 50.5. The monoisotopic (exact) mass is 1860 g/mol. The van der Waals surface area contributed by atoms with Crippen molar-refractivity contribution in [1.82, 2.24) is 0 Å². The molecule has 0 aliphatic rings. The average molecular weight is 1860 g/mol. The molecule has 0 saturated carbocycles. The van der Waals surface area contributed by atoms with Crippen LogP contribution in [0.2, 0.25) is 0 Å². The van der Waals surface area contributed by atoms with E-state index < -0.39 is 0 Å². The molecule has 0 aromatic heterocycles. The van der Waals surface area contributed by atoms with E-state index in [0.29, 0.717) is 0 Å². The Bertz CT molecular complexity index is 9120. The highest BCUT2D eigenvalue weighted by molar-refractivity contribution is 6.36. The predicted octanol–water partition coefficient (Wildman–Crippen LogP) is 40.7. The van der Waals surface area contributed by atoms with Gasteiger partial charge in [-0.25, -0.2) is 0 Å². The van der Waals surface area contributed by atoms with E-state index in [4.69, 9.17) is 0 Å².